The highest BCUT2D eigenvalue weighted by molar-refractivity contribution is 9.14. The molecule has 78 valence electrons. The molecule has 4 nitrogen and oxygen atoms in total. The fourth-order valence-corrected chi connectivity index (χ4v) is 3.29. The molecule has 0 aliphatic carbocycles. The zero-order chi connectivity index (χ0) is 10.2. The molecule has 0 bridgehead atoms. The van der Waals surface area contributed by atoms with Crippen LogP contribution in [0.25, 0.3) is 0 Å². The number of nitrogens with zero attached hydrogens (tertiary/aromatic N) is 2. The van der Waals surface area contributed by atoms with Gasteiger partial charge in [-0.2, -0.15) is 0 Å². The van der Waals surface area contributed by atoms with Crippen LogP contribution in [0.2, 0.25) is 0 Å². The van der Waals surface area contributed by atoms with Crippen LogP contribution in [0.5, 0.6) is 0 Å². The Hall–Kier alpha value is -0.360. The van der Waals surface area contributed by atoms with Gasteiger partial charge in [-0.1, -0.05) is 0 Å². The molecule has 2 aliphatic rings. The highest BCUT2D eigenvalue weighted by atomic mass is 79.9. The van der Waals surface area contributed by atoms with E-state index < -0.39 is 9.84 Å². The van der Waals surface area contributed by atoms with Crippen molar-refractivity contribution in [1.82, 2.24) is 4.90 Å². The third kappa shape index (κ3) is 1.61. The van der Waals surface area contributed by atoms with Crippen molar-refractivity contribution in [1.29, 1.82) is 0 Å². The van der Waals surface area contributed by atoms with Gasteiger partial charge in [0, 0.05) is 13.1 Å². The Labute approximate surface area is 91.7 Å². The summed E-state index contributed by atoms with van der Waals surface area (Å²) in [5, 5.41) is 0.212. The molecule has 2 heterocycles. The largest absolute Gasteiger partial charge is 0.347 e. The molecule has 0 aromatic heterocycles. The van der Waals surface area contributed by atoms with E-state index in [0.717, 1.165) is 25.9 Å². The van der Waals surface area contributed by atoms with Crippen molar-refractivity contribution in [3.05, 3.63) is 10.0 Å². The molecule has 14 heavy (non-hydrogen) atoms. The topological polar surface area (TPSA) is 49.7 Å². The lowest BCUT2D eigenvalue weighted by molar-refractivity contribution is 0.346. The second-order valence-electron chi connectivity index (χ2n) is 3.40. The van der Waals surface area contributed by atoms with Crippen LogP contribution in [0.1, 0.15) is 19.3 Å². The number of rotatable bonds is 0. The molecule has 0 aromatic rings. The van der Waals surface area contributed by atoms with E-state index in [1.54, 1.807) is 0 Å². The predicted molar refractivity (Wildman–Crippen MR) is 58.8 cm³/mol. The Morgan fingerprint density at radius 2 is 1.93 bits per heavy atom. The van der Waals surface area contributed by atoms with E-state index in [2.05, 4.69) is 20.9 Å². The summed E-state index contributed by atoms with van der Waals surface area (Å²) in [6.45, 7) is 1.60. The van der Waals surface area contributed by atoms with Gasteiger partial charge >= 0.3 is 0 Å². The van der Waals surface area contributed by atoms with Gasteiger partial charge in [-0.05, 0) is 35.2 Å². The maximum absolute atomic E-state index is 11.7. The fourth-order valence-electron chi connectivity index (χ4n) is 1.67. The lowest BCUT2D eigenvalue weighted by Crippen LogP contribution is -2.38. The number of aliphatic imine (C=N–C) groups is 1. The van der Waals surface area contributed by atoms with Gasteiger partial charge < -0.3 is 4.90 Å². The summed E-state index contributed by atoms with van der Waals surface area (Å²) < 4.78 is 23.6. The van der Waals surface area contributed by atoms with Crippen molar-refractivity contribution >= 4 is 30.9 Å². The average Bonchev–Trinajstić information content (AvgIpc) is 2.44. The van der Waals surface area contributed by atoms with E-state index >= 15 is 0 Å². The van der Waals surface area contributed by atoms with Gasteiger partial charge in [0.1, 0.15) is 3.81 Å². The van der Waals surface area contributed by atoms with Crippen LogP contribution in [-0.2, 0) is 9.84 Å². The third-order valence-electron chi connectivity index (χ3n) is 2.40. The molecule has 0 saturated carbocycles. The molecule has 0 unspecified atom stereocenters. The first-order valence-electron chi connectivity index (χ1n) is 4.56. The molecule has 0 amide bonds. The highest BCUT2D eigenvalue weighted by Crippen LogP contribution is 2.25. The zero-order valence-electron chi connectivity index (χ0n) is 7.61. The van der Waals surface area contributed by atoms with Crippen LogP contribution < -0.4 is 0 Å². The van der Waals surface area contributed by atoms with E-state index in [4.69, 9.17) is 0 Å². The standard InChI is InChI=1S/C8H11BrN2O2S/c9-7-6-10-8(14(7,12)13)11-4-2-1-3-5-11/h6H,1-5H2. The smallest absolute Gasteiger partial charge is 0.247 e. The molecule has 1 saturated heterocycles. The summed E-state index contributed by atoms with van der Waals surface area (Å²) in [5.41, 5.74) is 0. The van der Waals surface area contributed by atoms with Gasteiger partial charge in [0.15, 0.2) is 0 Å². The summed E-state index contributed by atoms with van der Waals surface area (Å²) in [6, 6.07) is 0. The van der Waals surface area contributed by atoms with E-state index in [9.17, 15) is 8.42 Å². The monoisotopic (exact) mass is 278 g/mol. The van der Waals surface area contributed by atoms with Gasteiger partial charge in [-0.3, -0.25) is 0 Å². The fraction of sp³-hybridized carbons (Fsp3) is 0.625. The molecule has 0 atom stereocenters. The lowest BCUT2D eigenvalue weighted by Gasteiger charge is -2.27. The van der Waals surface area contributed by atoms with Crippen LogP contribution in [0.4, 0.5) is 0 Å². The third-order valence-corrected chi connectivity index (χ3v) is 5.35. The number of hydrogen-bond donors (Lipinski definition) is 0. The normalized spacial score (nSPS) is 25.9. The van der Waals surface area contributed by atoms with E-state index in [1.165, 1.54) is 12.6 Å². The summed E-state index contributed by atoms with van der Waals surface area (Å²) in [6.07, 6.45) is 4.63. The Morgan fingerprint density at radius 3 is 2.43 bits per heavy atom. The van der Waals surface area contributed by atoms with E-state index in [-0.39, 0.29) is 8.98 Å². The molecule has 2 aliphatic heterocycles. The molecular formula is C8H11BrN2O2S. The summed E-state index contributed by atoms with van der Waals surface area (Å²) in [4.78, 5) is 5.79. The SMILES string of the molecule is O=S1(=O)C(Br)=CN=C1N1CCCCC1. The van der Waals surface area contributed by atoms with E-state index in [0.29, 0.717) is 0 Å². The molecular weight excluding hydrogens is 268 g/mol. The number of piperidine rings is 1. The second-order valence-corrected chi connectivity index (χ2v) is 6.59. The summed E-state index contributed by atoms with van der Waals surface area (Å²) in [5.74, 6) is 0. The number of halogens is 1. The van der Waals surface area contributed by atoms with Gasteiger partial charge in [-0.15, -0.1) is 0 Å². The van der Waals surface area contributed by atoms with Gasteiger partial charge in [0.25, 0.3) is 0 Å². The molecule has 0 spiro atoms. The molecule has 6 heteroatoms. The highest BCUT2D eigenvalue weighted by Gasteiger charge is 2.32. The predicted octanol–water partition coefficient (Wildman–Crippen LogP) is 1.45. The minimum Gasteiger partial charge on any atom is -0.347 e. The van der Waals surface area contributed by atoms with Crippen LogP contribution in [-0.4, -0.2) is 31.6 Å². The maximum Gasteiger partial charge on any atom is 0.247 e. The van der Waals surface area contributed by atoms with Crippen molar-refractivity contribution in [3.8, 4) is 0 Å². The Balaban J connectivity index is 2.22. The van der Waals surface area contributed by atoms with Crippen molar-refractivity contribution < 1.29 is 8.42 Å². The average molecular weight is 279 g/mol. The van der Waals surface area contributed by atoms with Gasteiger partial charge in [0.05, 0.1) is 6.20 Å². The Bertz CT molecular complexity index is 394. The van der Waals surface area contributed by atoms with Crippen molar-refractivity contribution in [2.75, 3.05) is 13.1 Å². The zero-order valence-corrected chi connectivity index (χ0v) is 10.0. The first-order chi connectivity index (χ1) is 6.62. The molecule has 0 aromatic carbocycles. The minimum absolute atomic E-state index is 0.172. The summed E-state index contributed by atoms with van der Waals surface area (Å²) in [7, 11) is -3.31. The molecule has 1 fully saturated rings. The van der Waals surface area contributed by atoms with Crippen molar-refractivity contribution in [3.63, 3.8) is 0 Å². The van der Waals surface area contributed by atoms with Crippen molar-refractivity contribution in [2.45, 2.75) is 19.3 Å². The first-order valence-corrected chi connectivity index (χ1v) is 6.83. The van der Waals surface area contributed by atoms with Gasteiger partial charge in [-0.25, -0.2) is 13.4 Å². The molecule has 0 radical (unpaired) electrons. The second kappa shape index (κ2) is 3.66. The molecule has 0 N–H and O–H groups in total. The number of amidine groups is 1. The first kappa shape index (κ1) is 10.2. The maximum atomic E-state index is 11.7. The number of hydrogen-bond acceptors (Lipinski definition) is 4. The Morgan fingerprint density at radius 1 is 1.29 bits per heavy atom. The van der Waals surface area contributed by atoms with Crippen LogP contribution >= 0.6 is 15.9 Å². The number of likely N-dealkylation sites (tertiary alicyclic amines) is 1. The van der Waals surface area contributed by atoms with Crippen LogP contribution in [0, 0.1) is 0 Å². The quantitative estimate of drug-likeness (QED) is 0.674. The molecule has 2 rings (SSSR count). The van der Waals surface area contributed by atoms with Crippen molar-refractivity contribution in [2.24, 2.45) is 4.99 Å². The lowest BCUT2D eigenvalue weighted by atomic mass is 10.1. The number of sulfone groups is 1. The van der Waals surface area contributed by atoms with Crippen LogP contribution in [0.3, 0.4) is 0 Å². The minimum atomic E-state index is -3.31. The van der Waals surface area contributed by atoms with Gasteiger partial charge in [0.2, 0.25) is 15.0 Å². The van der Waals surface area contributed by atoms with Crippen LogP contribution in [0.15, 0.2) is 15.0 Å². The summed E-state index contributed by atoms with van der Waals surface area (Å²) >= 11 is 3.00. The Kier molecular flexibility index (Phi) is 2.66. The van der Waals surface area contributed by atoms with E-state index in [1.807, 2.05) is 4.90 Å².